The van der Waals surface area contributed by atoms with E-state index in [1.807, 2.05) is 26.8 Å². The van der Waals surface area contributed by atoms with E-state index in [9.17, 15) is 4.39 Å². The zero-order chi connectivity index (χ0) is 15.6. The van der Waals surface area contributed by atoms with E-state index in [1.54, 1.807) is 6.07 Å². The Hall–Kier alpha value is -0.930. The summed E-state index contributed by atoms with van der Waals surface area (Å²) >= 11 is 0. The summed E-state index contributed by atoms with van der Waals surface area (Å²) in [6, 6.07) is 3.18. The maximum Gasteiger partial charge on any atom is 0.128 e. The predicted octanol–water partition coefficient (Wildman–Crippen LogP) is 4.43. The fourth-order valence-corrected chi connectivity index (χ4v) is 3.92. The second kappa shape index (κ2) is 6.45. The van der Waals surface area contributed by atoms with Crippen molar-refractivity contribution >= 4 is 0 Å². The Balaban J connectivity index is 2.41. The number of hydrogen-bond donors (Lipinski definition) is 1. The van der Waals surface area contributed by atoms with Crippen molar-refractivity contribution in [3.63, 3.8) is 0 Å². The zero-order valence-corrected chi connectivity index (χ0v) is 13.7. The first-order valence-electron chi connectivity index (χ1n) is 8.06. The number of ether oxygens (including phenoxy) is 1. The molecule has 21 heavy (non-hydrogen) atoms. The maximum absolute atomic E-state index is 14.5. The van der Waals surface area contributed by atoms with E-state index in [0.29, 0.717) is 18.1 Å². The van der Waals surface area contributed by atoms with Gasteiger partial charge in [-0.1, -0.05) is 25.8 Å². The second-order valence-corrected chi connectivity index (χ2v) is 6.65. The van der Waals surface area contributed by atoms with Crippen LogP contribution in [0, 0.1) is 25.6 Å². The summed E-state index contributed by atoms with van der Waals surface area (Å²) in [5, 5.41) is 0. The van der Waals surface area contributed by atoms with Gasteiger partial charge < -0.3 is 10.5 Å². The molecule has 1 fully saturated rings. The highest BCUT2D eigenvalue weighted by Gasteiger charge is 2.43. The number of halogens is 1. The topological polar surface area (TPSA) is 35.2 Å². The smallest absolute Gasteiger partial charge is 0.128 e. The monoisotopic (exact) mass is 293 g/mol. The largest absolute Gasteiger partial charge is 0.373 e. The minimum Gasteiger partial charge on any atom is -0.373 e. The number of aryl methyl sites for hydroxylation is 2. The lowest BCUT2D eigenvalue weighted by Crippen LogP contribution is -2.47. The molecule has 0 aromatic heterocycles. The molecule has 0 spiro atoms. The molecule has 0 amide bonds. The van der Waals surface area contributed by atoms with Crippen LogP contribution in [0.1, 0.15) is 62.3 Å². The van der Waals surface area contributed by atoms with Gasteiger partial charge in [0.25, 0.3) is 0 Å². The van der Waals surface area contributed by atoms with Gasteiger partial charge in [0.05, 0.1) is 11.6 Å². The lowest BCUT2D eigenvalue weighted by Gasteiger charge is -2.44. The van der Waals surface area contributed by atoms with Gasteiger partial charge in [0, 0.05) is 12.2 Å². The van der Waals surface area contributed by atoms with E-state index in [4.69, 9.17) is 10.5 Å². The van der Waals surface area contributed by atoms with Crippen molar-refractivity contribution in [1.29, 1.82) is 0 Å². The van der Waals surface area contributed by atoms with Crippen molar-refractivity contribution in [3.05, 3.63) is 34.6 Å². The van der Waals surface area contributed by atoms with Crippen molar-refractivity contribution < 1.29 is 9.13 Å². The van der Waals surface area contributed by atoms with Crippen LogP contribution in [0.2, 0.25) is 0 Å². The molecule has 0 heterocycles. The van der Waals surface area contributed by atoms with E-state index in [2.05, 4.69) is 6.92 Å². The maximum atomic E-state index is 14.5. The molecule has 1 aliphatic rings. The van der Waals surface area contributed by atoms with Crippen LogP contribution < -0.4 is 5.73 Å². The highest BCUT2D eigenvalue weighted by atomic mass is 19.1. The van der Waals surface area contributed by atoms with Crippen LogP contribution in [-0.2, 0) is 4.74 Å². The molecule has 3 unspecified atom stereocenters. The van der Waals surface area contributed by atoms with Gasteiger partial charge in [-0.15, -0.1) is 0 Å². The Morgan fingerprint density at radius 1 is 1.43 bits per heavy atom. The quantitative estimate of drug-likeness (QED) is 0.891. The second-order valence-electron chi connectivity index (χ2n) is 6.65. The lowest BCUT2D eigenvalue weighted by molar-refractivity contribution is -0.0945. The van der Waals surface area contributed by atoms with Gasteiger partial charge in [0.15, 0.2) is 0 Å². The van der Waals surface area contributed by atoms with Crippen molar-refractivity contribution in [1.82, 2.24) is 0 Å². The van der Waals surface area contributed by atoms with E-state index in [0.717, 1.165) is 30.4 Å². The molecule has 0 saturated heterocycles. The van der Waals surface area contributed by atoms with Crippen LogP contribution in [0.5, 0.6) is 0 Å². The first-order valence-corrected chi connectivity index (χ1v) is 8.06. The van der Waals surface area contributed by atoms with Crippen LogP contribution in [0.25, 0.3) is 0 Å². The average molecular weight is 293 g/mol. The third-order valence-corrected chi connectivity index (χ3v) is 4.78. The first kappa shape index (κ1) is 16.4. The van der Waals surface area contributed by atoms with Gasteiger partial charge in [-0.2, -0.15) is 0 Å². The molecule has 1 saturated carbocycles. The molecular weight excluding hydrogens is 265 g/mol. The van der Waals surface area contributed by atoms with Crippen LogP contribution in [-0.4, -0.2) is 12.2 Å². The number of benzene rings is 1. The summed E-state index contributed by atoms with van der Waals surface area (Å²) in [7, 11) is 0. The summed E-state index contributed by atoms with van der Waals surface area (Å²) in [5.41, 5.74) is 8.61. The fourth-order valence-electron chi connectivity index (χ4n) is 3.92. The molecule has 0 radical (unpaired) electrons. The third kappa shape index (κ3) is 3.29. The molecule has 118 valence electrons. The fraction of sp³-hybridized carbons (Fsp3) is 0.667. The standard InChI is InChI=1S/C18H28FNO/c1-5-21-18(8-6-7-12(2)11-18)17(20)16-14(4)9-13(3)10-15(16)19/h9-10,12,17H,5-8,11,20H2,1-4H3. The zero-order valence-electron chi connectivity index (χ0n) is 13.7. The Labute approximate surface area is 127 Å². The van der Waals surface area contributed by atoms with E-state index in [-0.39, 0.29) is 5.82 Å². The van der Waals surface area contributed by atoms with Gasteiger partial charge in [0.1, 0.15) is 5.82 Å². The summed E-state index contributed by atoms with van der Waals surface area (Å²) < 4.78 is 20.6. The van der Waals surface area contributed by atoms with Crippen molar-refractivity contribution in [2.75, 3.05) is 6.61 Å². The summed E-state index contributed by atoms with van der Waals surface area (Å²) in [6.07, 6.45) is 4.13. The Bertz CT molecular complexity index is 475. The molecule has 3 heteroatoms. The number of nitrogens with two attached hydrogens (primary N) is 1. The van der Waals surface area contributed by atoms with Gasteiger partial charge in [-0.05, 0) is 56.7 Å². The lowest BCUT2D eigenvalue weighted by atomic mass is 9.72. The summed E-state index contributed by atoms with van der Waals surface area (Å²) in [5.74, 6) is 0.377. The van der Waals surface area contributed by atoms with Gasteiger partial charge >= 0.3 is 0 Å². The van der Waals surface area contributed by atoms with Gasteiger partial charge in [0.2, 0.25) is 0 Å². The molecule has 0 bridgehead atoms. The Kier molecular flexibility index (Phi) is 5.05. The molecule has 2 nitrogen and oxygen atoms in total. The number of hydrogen-bond acceptors (Lipinski definition) is 2. The molecular formula is C18H28FNO. The van der Waals surface area contributed by atoms with E-state index in [1.165, 1.54) is 6.42 Å². The van der Waals surface area contributed by atoms with Crippen molar-refractivity contribution in [3.8, 4) is 0 Å². The van der Waals surface area contributed by atoms with E-state index < -0.39 is 11.6 Å². The van der Waals surface area contributed by atoms with Crippen molar-refractivity contribution in [2.45, 2.75) is 65.0 Å². The average Bonchev–Trinajstić information content (AvgIpc) is 2.37. The molecule has 1 aromatic rings. The molecule has 0 aliphatic heterocycles. The van der Waals surface area contributed by atoms with Crippen LogP contribution in [0.15, 0.2) is 12.1 Å². The van der Waals surface area contributed by atoms with Crippen LogP contribution in [0.3, 0.4) is 0 Å². The molecule has 1 aliphatic carbocycles. The molecule has 1 aromatic carbocycles. The summed E-state index contributed by atoms with van der Waals surface area (Å²) in [4.78, 5) is 0. The first-order chi connectivity index (χ1) is 9.89. The molecule has 3 atom stereocenters. The molecule has 2 N–H and O–H groups in total. The minimum atomic E-state index is -0.423. The van der Waals surface area contributed by atoms with Gasteiger partial charge in [-0.25, -0.2) is 4.39 Å². The summed E-state index contributed by atoms with van der Waals surface area (Å²) in [6.45, 7) is 8.70. The predicted molar refractivity (Wildman–Crippen MR) is 84.8 cm³/mol. The molecule has 2 rings (SSSR count). The number of rotatable bonds is 4. The Morgan fingerprint density at radius 2 is 2.14 bits per heavy atom. The van der Waals surface area contributed by atoms with E-state index >= 15 is 0 Å². The van der Waals surface area contributed by atoms with Crippen LogP contribution in [0.4, 0.5) is 4.39 Å². The highest BCUT2D eigenvalue weighted by molar-refractivity contribution is 5.36. The van der Waals surface area contributed by atoms with Crippen molar-refractivity contribution in [2.24, 2.45) is 11.7 Å². The highest BCUT2D eigenvalue weighted by Crippen LogP contribution is 2.43. The van der Waals surface area contributed by atoms with Gasteiger partial charge in [-0.3, -0.25) is 0 Å². The SMILES string of the molecule is CCOC1(C(N)c2c(C)cc(C)cc2F)CCCC(C)C1. The minimum absolute atomic E-state index is 0.197. The Morgan fingerprint density at radius 3 is 2.71 bits per heavy atom. The van der Waals surface area contributed by atoms with Crippen LogP contribution >= 0.6 is 0 Å². The normalized spacial score (nSPS) is 27.6. The third-order valence-electron chi connectivity index (χ3n) is 4.78.